The van der Waals surface area contributed by atoms with Crippen LogP contribution in [0.2, 0.25) is 0 Å². The molecule has 0 aliphatic carbocycles. The standard InChI is InChI=1S/C15H18N2O2/c1-19-7-6-13-14(8-11(16)9-15(13)17)10-2-4-12(18)5-3-10/h2-5,8-9,18H,6-7,16-17H2,1H3. The number of aromatic hydroxyl groups is 1. The lowest BCUT2D eigenvalue weighted by Gasteiger charge is -2.14. The van der Waals surface area contributed by atoms with Crippen LogP contribution in [0.5, 0.6) is 5.75 Å². The molecule has 0 aliphatic rings. The highest BCUT2D eigenvalue weighted by Gasteiger charge is 2.10. The number of phenolic OH excluding ortho intramolecular Hbond substituents is 1. The van der Waals surface area contributed by atoms with Crippen molar-refractivity contribution in [3.05, 3.63) is 42.0 Å². The van der Waals surface area contributed by atoms with Gasteiger partial charge in [0, 0.05) is 18.5 Å². The molecule has 2 aromatic carbocycles. The fourth-order valence-corrected chi connectivity index (χ4v) is 2.10. The van der Waals surface area contributed by atoms with Gasteiger partial charge in [-0.15, -0.1) is 0 Å². The summed E-state index contributed by atoms with van der Waals surface area (Å²) in [6.07, 6.45) is 0.721. The van der Waals surface area contributed by atoms with Gasteiger partial charge < -0.3 is 21.3 Å². The molecule has 5 N–H and O–H groups in total. The SMILES string of the molecule is COCCc1c(N)cc(N)cc1-c1ccc(O)cc1. The van der Waals surface area contributed by atoms with E-state index in [2.05, 4.69) is 0 Å². The highest BCUT2D eigenvalue weighted by Crippen LogP contribution is 2.31. The molecule has 4 heteroatoms. The number of anilines is 2. The summed E-state index contributed by atoms with van der Waals surface area (Å²) >= 11 is 0. The first-order valence-electron chi connectivity index (χ1n) is 6.08. The Morgan fingerprint density at radius 1 is 1.11 bits per heavy atom. The van der Waals surface area contributed by atoms with Crippen molar-refractivity contribution in [2.45, 2.75) is 6.42 Å². The van der Waals surface area contributed by atoms with E-state index < -0.39 is 0 Å². The molecule has 0 heterocycles. The van der Waals surface area contributed by atoms with Gasteiger partial charge in [-0.3, -0.25) is 0 Å². The zero-order valence-electron chi connectivity index (χ0n) is 10.9. The van der Waals surface area contributed by atoms with E-state index in [-0.39, 0.29) is 5.75 Å². The lowest BCUT2D eigenvalue weighted by Crippen LogP contribution is -2.03. The maximum Gasteiger partial charge on any atom is 0.115 e. The molecule has 0 spiro atoms. The molecule has 0 aromatic heterocycles. The number of hydrogen-bond acceptors (Lipinski definition) is 4. The fraction of sp³-hybridized carbons (Fsp3) is 0.200. The van der Waals surface area contributed by atoms with E-state index in [0.29, 0.717) is 18.0 Å². The zero-order valence-corrected chi connectivity index (χ0v) is 10.9. The molecule has 0 radical (unpaired) electrons. The summed E-state index contributed by atoms with van der Waals surface area (Å²) < 4.78 is 5.11. The molecule has 2 aromatic rings. The van der Waals surface area contributed by atoms with Crippen LogP contribution in [0.15, 0.2) is 36.4 Å². The third-order valence-electron chi connectivity index (χ3n) is 3.04. The summed E-state index contributed by atoms with van der Waals surface area (Å²) in [5.41, 5.74) is 16.2. The zero-order chi connectivity index (χ0) is 13.8. The Balaban J connectivity index is 2.50. The molecule has 19 heavy (non-hydrogen) atoms. The van der Waals surface area contributed by atoms with Gasteiger partial charge in [-0.05, 0) is 47.4 Å². The molecule has 2 rings (SSSR count). The van der Waals surface area contributed by atoms with Gasteiger partial charge in [0.15, 0.2) is 0 Å². The molecule has 0 bridgehead atoms. The van der Waals surface area contributed by atoms with Crippen LogP contribution in [0.3, 0.4) is 0 Å². The van der Waals surface area contributed by atoms with Gasteiger partial charge in [0.1, 0.15) is 5.75 Å². The van der Waals surface area contributed by atoms with Crippen LogP contribution >= 0.6 is 0 Å². The summed E-state index contributed by atoms with van der Waals surface area (Å²) in [6, 6.07) is 10.6. The maximum absolute atomic E-state index is 9.35. The smallest absolute Gasteiger partial charge is 0.115 e. The van der Waals surface area contributed by atoms with Crippen molar-refractivity contribution in [1.82, 2.24) is 0 Å². The lowest BCUT2D eigenvalue weighted by molar-refractivity contribution is 0.202. The number of phenols is 1. The lowest BCUT2D eigenvalue weighted by atomic mass is 9.95. The minimum atomic E-state index is 0.235. The highest BCUT2D eigenvalue weighted by molar-refractivity contribution is 5.77. The summed E-state index contributed by atoms with van der Waals surface area (Å²) in [6.45, 7) is 0.596. The molecule has 0 saturated carbocycles. The number of rotatable bonds is 4. The largest absolute Gasteiger partial charge is 0.508 e. The minimum absolute atomic E-state index is 0.235. The Hall–Kier alpha value is -2.20. The number of hydrogen-bond donors (Lipinski definition) is 3. The summed E-state index contributed by atoms with van der Waals surface area (Å²) in [7, 11) is 1.66. The first-order chi connectivity index (χ1) is 9.11. The van der Waals surface area contributed by atoms with Gasteiger partial charge >= 0.3 is 0 Å². The second kappa shape index (κ2) is 5.63. The number of ether oxygens (including phenoxy) is 1. The molecule has 100 valence electrons. The molecule has 0 saturated heterocycles. The predicted octanol–water partition coefficient (Wildman–Crippen LogP) is 2.41. The third kappa shape index (κ3) is 2.98. The molecule has 0 fully saturated rings. The Morgan fingerprint density at radius 2 is 1.79 bits per heavy atom. The summed E-state index contributed by atoms with van der Waals surface area (Å²) in [5, 5.41) is 9.35. The van der Waals surface area contributed by atoms with Gasteiger partial charge in [-0.25, -0.2) is 0 Å². The van der Waals surface area contributed by atoms with E-state index >= 15 is 0 Å². The number of nitrogen functional groups attached to an aromatic ring is 2. The summed E-state index contributed by atoms with van der Waals surface area (Å²) in [5.74, 6) is 0.235. The van der Waals surface area contributed by atoms with Gasteiger partial charge in [0.05, 0.1) is 6.61 Å². The van der Waals surface area contributed by atoms with Crippen LogP contribution < -0.4 is 11.5 Å². The summed E-state index contributed by atoms with van der Waals surface area (Å²) in [4.78, 5) is 0. The molecule has 0 unspecified atom stereocenters. The second-order valence-electron chi connectivity index (χ2n) is 4.43. The molecular formula is C15H18N2O2. The van der Waals surface area contributed by atoms with Crippen LogP contribution in [0.1, 0.15) is 5.56 Å². The van der Waals surface area contributed by atoms with Crippen molar-refractivity contribution in [2.24, 2.45) is 0 Å². The van der Waals surface area contributed by atoms with Crippen molar-refractivity contribution in [3.63, 3.8) is 0 Å². The Labute approximate surface area is 112 Å². The minimum Gasteiger partial charge on any atom is -0.508 e. The van der Waals surface area contributed by atoms with E-state index in [1.807, 2.05) is 18.2 Å². The Kier molecular flexibility index (Phi) is 3.92. The van der Waals surface area contributed by atoms with Crippen LogP contribution in [-0.2, 0) is 11.2 Å². The van der Waals surface area contributed by atoms with Gasteiger partial charge in [-0.2, -0.15) is 0 Å². The molecule has 4 nitrogen and oxygen atoms in total. The maximum atomic E-state index is 9.35. The van der Waals surface area contributed by atoms with Gasteiger partial charge in [0.2, 0.25) is 0 Å². The topological polar surface area (TPSA) is 81.5 Å². The fourth-order valence-electron chi connectivity index (χ4n) is 2.10. The normalized spacial score (nSPS) is 10.6. The van der Waals surface area contributed by atoms with Crippen molar-refractivity contribution < 1.29 is 9.84 Å². The molecule has 0 aliphatic heterocycles. The van der Waals surface area contributed by atoms with E-state index in [1.165, 1.54) is 0 Å². The van der Waals surface area contributed by atoms with Crippen molar-refractivity contribution in [2.75, 3.05) is 25.2 Å². The quantitative estimate of drug-likeness (QED) is 0.735. The first-order valence-corrected chi connectivity index (χ1v) is 6.08. The van der Waals surface area contributed by atoms with E-state index in [1.54, 1.807) is 25.3 Å². The van der Waals surface area contributed by atoms with Crippen molar-refractivity contribution in [1.29, 1.82) is 0 Å². The average Bonchev–Trinajstić information content (AvgIpc) is 2.38. The molecule has 0 amide bonds. The van der Waals surface area contributed by atoms with E-state index in [4.69, 9.17) is 16.2 Å². The average molecular weight is 258 g/mol. The van der Waals surface area contributed by atoms with Crippen LogP contribution in [0, 0.1) is 0 Å². The third-order valence-corrected chi connectivity index (χ3v) is 3.04. The van der Waals surface area contributed by atoms with Crippen LogP contribution in [0.25, 0.3) is 11.1 Å². The predicted molar refractivity (Wildman–Crippen MR) is 77.9 cm³/mol. The van der Waals surface area contributed by atoms with E-state index in [0.717, 1.165) is 23.1 Å². The number of methoxy groups -OCH3 is 1. The number of benzene rings is 2. The first kappa shape index (κ1) is 13.2. The molecular weight excluding hydrogens is 240 g/mol. The van der Waals surface area contributed by atoms with Gasteiger partial charge in [0.25, 0.3) is 0 Å². The monoisotopic (exact) mass is 258 g/mol. The molecule has 0 atom stereocenters. The van der Waals surface area contributed by atoms with E-state index in [9.17, 15) is 5.11 Å². The highest BCUT2D eigenvalue weighted by atomic mass is 16.5. The van der Waals surface area contributed by atoms with Crippen molar-refractivity contribution in [3.8, 4) is 16.9 Å². The van der Waals surface area contributed by atoms with Crippen LogP contribution in [-0.4, -0.2) is 18.8 Å². The Morgan fingerprint density at radius 3 is 2.42 bits per heavy atom. The van der Waals surface area contributed by atoms with Crippen LogP contribution in [0.4, 0.5) is 11.4 Å². The van der Waals surface area contributed by atoms with Gasteiger partial charge in [-0.1, -0.05) is 12.1 Å². The van der Waals surface area contributed by atoms with Crippen molar-refractivity contribution >= 4 is 11.4 Å². The Bertz CT molecular complexity index is 565. The second-order valence-corrected chi connectivity index (χ2v) is 4.43. The number of nitrogens with two attached hydrogens (primary N) is 2.